The summed E-state index contributed by atoms with van der Waals surface area (Å²) in [7, 11) is 0. The Balaban J connectivity index is 1.74. The fraction of sp³-hybridized carbons (Fsp3) is 0.412. The Kier molecular flexibility index (Phi) is 3.19. The summed E-state index contributed by atoms with van der Waals surface area (Å²) >= 11 is 0. The van der Waals surface area contributed by atoms with E-state index in [9.17, 15) is 4.79 Å². The molecule has 24 heavy (non-hydrogen) atoms. The second kappa shape index (κ2) is 5.15. The van der Waals surface area contributed by atoms with Gasteiger partial charge in [-0.2, -0.15) is 0 Å². The summed E-state index contributed by atoms with van der Waals surface area (Å²) in [5.74, 6) is 1.09. The molecule has 3 aromatic rings. The van der Waals surface area contributed by atoms with E-state index in [0.29, 0.717) is 23.1 Å². The highest BCUT2D eigenvalue weighted by Gasteiger charge is 2.39. The van der Waals surface area contributed by atoms with Crippen molar-refractivity contribution in [3.05, 3.63) is 42.5 Å². The summed E-state index contributed by atoms with van der Waals surface area (Å²) in [4.78, 5) is 25.7. The van der Waals surface area contributed by atoms with Gasteiger partial charge in [-0.3, -0.25) is 13.8 Å². The lowest BCUT2D eigenvalue weighted by Gasteiger charge is -2.25. The highest BCUT2D eigenvalue weighted by molar-refractivity contribution is 5.98. The van der Waals surface area contributed by atoms with Crippen molar-refractivity contribution in [3.8, 4) is 5.82 Å². The topological polar surface area (TPSA) is 77.1 Å². The molecule has 0 saturated heterocycles. The molecule has 4 rings (SSSR count). The molecule has 0 aromatic carbocycles. The van der Waals surface area contributed by atoms with Gasteiger partial charge in [-0.05, 0) is 39.5 Å². The molecule has 3 aromatic heterocycles. The van der Waals surface area contributed by atoms with Gasteiger partial charge in [0.15, 0.2) is 11.3 Å². The molecule has 3 heterocycles. The molecule has 124 valence electrons. The summed E-state index contributed by atoms with van der Waals surface area (Å²) in [6.45, 7) is 6.10. The normalized spacial score (nSPS) is 15.0. The van der Waals surface area contributed by atoms with Gasteiger partial charge in [-0.25, -0.2) is 15.0 Å². The average Bonchev–Trinajstić information content (AvgIpc) is 3.09. The molecule has 0 spiro atoms. The number of aromatic nitrogens is 5. The Labute approximate surface area is 139 Å². The monoisotopic (exact) mass is 324 g/mol. The lowest BCUT2D eigenvalue weighted by Crippen LogP contribution is -2.45. The summed E-state index contributed by atoms with van der Waals surface area (Å²) < 4.78 is 3.65. The maximum Gasteiger partial charge on any atom is 0.274 e. The van der Waals surface area contributed by atoms with Crippen molar-refractivity contribution < 1.29 is 4.79 Å². The summed E-state index contributed by atoms with van der Waals surface area (Å²) in [6.07, 6.45) is 9.19. The van der Waals surface area contributed by atoms with Crippen LogP contribution in [-0.4, -0.2) is 35.4 Å². The van der Waals surface area contributed by atoms with E-state index in [1.807, 2.05) is 28.2 Å². The van der Waals surface area contributed by atoms with Crippen molar-refractivity contribution in [2.24, 2.45) is 5.92 Å². The molecule has 0 bridgehead atoms. The first kappa shape index (κ1) is 14.9. The van der Waals surface area contributed by atoms with Crippen LogP contribution in [0.5, 0.6) is 0 Å². The summed E-state index contributed by atoms with van der Waals surface area (Å²) in [6, 6.07) is 1.94. The van der Waals surface area contributed by atoms with E-state index in [0.717, 1.165) is 5.69 Å². The van der Waals surface area contributed by atoms with Crippen molar-refractivity contribution in [1.29, 1.82) is 0 Å². The molecule has 0 atom stereocenters. The predicted octanol–water partition coefficient (Wildman–Crippen LogP) is 2.14. The number of carbonyl (C=O) groups is 1. The predicted molar refractivity (Wildman–Crippen MR) is 89.1 cm³/mol. The zero-order valence-electron chi connectivity index (χ0n) is 14.0. The minimum atomic E-state index is -0.218. The fourth-order valence-corrected chi connectivity index (χ4v) is 3.05. The zero-order valence-corrected chi connectivity index (χ0v) is 14.0. The summed E-state index contributed by atoms with van der Waals surface area (Å²) in [5.41, 5.74) is 1.65. The van der Waals surface area contributed by atoms with Crippen molar-refractivity contribution in [2.75, 3.05) is 0 Å². The number of aryl methyl sites for hydroxylation is 1. The standard InChI is InChI=1S/C17H20N6O/c1-11-8-13(22-7-6-18-9-22)20-15-14(19-10-23(11)15)16(24)21-17(2,3)12-4-5-12/h6-10,12H,4-5H2,1-3H3,(H,21,24). The smallest absolute Gasteiger partial charge is 0.274 e. The molecule has 1 amide bonds. The van der Waals surface area contributed by atoms with Gasteiger partial charge in [0, 0.05) is 29.7 Å². The Morgan fingerprint density at radius 1 is 1.33 bits per heavy atom. The Bertz CT molecular complexity index is 905. The van der Waals surface area contributed by atoms with E-state index in [2.05, 4.69) is 34.1 Å². The first-order chi connectivity index (χ1) is 11.5. The number of carbonyl (C=O) groups excluding carboxylic acids is 1. The quantitative estimate of drug-likeness (QED) is 0.797. The van der Waals surface area contributed by atoms with E-state index in [1.54, 1.807) is 18.9 Å². The SMILES string of the molecule is Cc1cc(-n2ccnc2)nc2c(C(=O)NC(C)(C)C3CC3)ncn12. The maximum atomic E-state index is 12.7. The van der Waals surface area contributed by atoms with Crippen molar-refractivity contribution in [1.82, 2.24) is 29.2 Å². The number of imidazole rings is 2. The molecule has 0 unspecified atom stereocenters. The minimum absolute atomic E-state index is 0.177. The van der Waals surface area contributed by atoms with Gasteiger partial charge in [-0.1, -0.05) is 0 Å². The molecule has 1 fully saturated rings. The number of hydrogen-bond donors (Lipinski definition) is 1. The van der Waals surface area contributed by atoms with Gasteiger partial charge in [0.1, 0.15) is 18.5 Å². The van der Waals surface area contributed by atoms with Crippen LogP contribution in [-0.2, 0) is 0 Å². The van der Waals surface area contributed by atoms with E-state index < -0.39 is 0 Å². The van der Waals surface area contributed by atoms with Crippen LogP contribution in [0.1, 0.15) is 42.9 Å². The maximum absolute atomic E-state index is 12.7. The molecule has 1 aliphatic carbocycles. The van der Waals surface area contributed by atoms with E-state index in [-0.39, 0.29) is 11.4 Å². The van der Waals surface area contributed by atoms with Gasteiger partial charge in [0.25, 0.3) is 5.91 Å². The van der Waals surface area contributed by atoms with E-state index in [1.165, 1.54) is 12.8 Å². The number of amides is 1. The minimum Gasteiger partial charge on any atom is -0.345 e. The number of nitrogens with zero attached hydrogens (tertiary/aromatic N) is 5. The molecular formula is C17H20N6O. The third-order valence-electron chi connectivity index (χ3n) is 4.70. The van der Waals surface area contributed by atoms with Crippen LogP contribution in [0.25, 0.3) is 11.5 Å². The van der Waals surface area contributed by atoms with Crippen LogP contribution >= 0.6 is 0 Å². The van der Waals surface area contributed by atoms with E-state index in [4.69, 9.17) is 0 Å². The number of hydrogen-bond acceptors (Lipinski definition) is 4. The van der Waals surface area contributed by atoms with Gasteiger partial charge in [0.2, 0.25) is 0 Å². The van der Waals surface area contributed by atoms with Gasteiger partial charge < -0.3 is 5.32 Å². The third kappa shape index (κ3) is 2.46. The van der Waals surface area contributed by atoms with Gasteiger partial charge in [-0.15, -0.1) is 0 Å². The first-order valence-electron chi connectivity index (χ1n) is 8.11. The number of rotatable bonds is 4. The first-order valence-corrected chi connectivity index (χ1v) is 8.11. The molecular weight excluding hydrogens is 304 g/mol. The van der Waals surface area contributed by atoms with Crippen LogP contribution in [0.15, 0.2) is 31.1 Å². The Hall–Kier alpha value is -2.70. The van der Waals surface area contributed by atoms with Gasteiger partial charge >= 0.3 is 0 Å². The molecule has 1 N–H and O–H groups in total. The fourth-order valence-electron chi connectivity index (χ4n) is 3.05. The average molecular weight is 324 g/mol. The third-order valence-corrected chi connectivity index (χ3v) is 4.70. The molecule has 0 aliphatic heterocycles. The largest absolute Gasteiger partial charge is 0.345 e. The van der Waals surface area contributed by atoms with Gasteiger partial charge in [0.05, 0.1) is 0 Å². The van der Waals surface area contributed by atoms with Crippen LogP contribution in [0, 0.1) is 12.8 Å². The lowest BCUT2D eigenvalue weighted by atomic mass is 9.98. The second-order valence-electron chi connectivity index (χ2n) is 6.96. The Morgan fingerprint density at radius 2 is 2.12 bits per heavy atom. The Morgan fingerprint density at radius 3 is 2.79 bits per heavy atom. The second-order valence-corrected chi connectivity index (χ2v) is 6.96. The van der Waals surface area contributed by atoms with Crippen LogP contribution in [0.4, 0.5) is 0 Å². The van der Waals surface area contributed by atoms with Crippen molar-refractivity contribution in [2.45, 2.75) is 39.2 Å². The number of fused-ring (bicyclic) bond motifs is 1. The van der Waals surface area contributed by atoms with E-state index >= 15 is 0 Å². The summed E-state index contributed by atoms with van der Waals surface area (Å²) in [5, 5.41) is 3.11. The highest BCUT2D eigenvalue weighted by atomic mass is 16.2. The molecule has 7 nitrogen and oxygen atoms in total. The highest BCUT2D eigenvalue weighted by Crippen LogP contribution is 2.39. The van der Waals surface area contributed by atoms with Crippen molar-refractivity contribution in [3.63, 3.8) is 0 Å². The molecule has 1 saturated carbocycles. The van der Waals surface area contributed by atoms with Crippen molar-refractivity contribution >= 4 is 11.6 Å². The van der Waals surface area contributed by atoms with Crippen LogP contribution in [0.3, 0.4) is 0 Å². The molecule has 7 heteroatoms. The van der Waals surface area contributed by atoms with Crippen LogP contribution in [0.2, 0.25) is 0 Å². The van der Waals surface area contributed by atoms with Crippen LogP contribution < -0.4 is 5.32 Å². The molecule has 0 radical (unpaired) electrons. The number of nitrogens with one attached hydrogen (secondary N) is 1. The zero-order chi connectivity index (χ0) is 16.9. The lowest BCUT2D eigenvalue weighted by molar-refractivity contribution is 0.0900. The molecule has 1 aliphatic rings.